The Morgan fingerprint density at radius 3 is 2.57 bits per heavy atom. The molecule has 11 heteroatoms. The fourth-order valence-electron chi connectivity index (χ4n) is 1.82. The topological polar surface area (TPSA) is 124 Å². The number of pyridine rings is 2. The van der Waals surface area contributed by atoms with E-state index in [1.54, 1.807) is 0 Å². The molecule has 0 saturated heterocycles. The Hall–Kier alpha value is -2.14. The van der Waals surface area contributed by atoms with Crippen molar-refractivity contribution >= 4 is 38.7 Å². The molecule has 0 aliphatic heterocycles. The molecule has 5 N–H and O–H groups in total. The van der Waals surface area contributed by atoms with Crippen LogP contribution in [0, 0.1) is 0 Å². The molecule has 2 heterocycles. The minimum absolute atomic E-state index is 0.00123. The van der Waals surface area contributed by atoms with Crippen LogP contribution in [0.3, 0.4) is 0 Å². The second-order valence-corrected chi connectivity index (χ2v) is 5.12. The number of hydrogen-bond donors (Lipinski definition) is 3. The predicted octanol–water partition coefficient (Wildman–Crippen LogP) is 1.46. The summed E-state index contributed by atoms with van der Waals surface area (Å²) in [6.45, 7) is -0.700. The van der Waals surface area contributed by atoms with Crippen molar-refractivity contribution in [2.24, 2.45) is 5.73 Å². The predicted molar refractivity (Wildman–Crippen MR) is 77.8 cm³/mol. The zero-order valence-electron chi connectivity index (χ0n) is 11.3. The molecule has 0 bridgehead atoms. The number of aromatic nitrogens is 2. The first-order valence-electron chi connectivity index (χ1n) is 6.07. The molecule has 0 aromatic carbocycles. The lowest BCUT2D eigenvalue weighted by Crippen LogP contribution is -2.16. The van der Waals surface area contributed by atoms with Gasteiger partial charge >= 0.3 is 6.18 Å². The standard InChI is InChI=1S/C12H10BrF3N4O3/c13-6-7(23-2-1-21)4-3-5(10(18)22)9(17)20-11(4)19-8(6)12(14,15)16/h3,21H,1-2H2,(H2,18,22)(H2,17,19,20). The van der Waals surface area contributed by atoms with Gasteiger partial charge in [-0.1, -0.05) is 0 Å². The number of anilines is 1. The second kappa shape index (κ2) is 6.16. The number of carbonyl (C=O) groups is 1. The number of hydrogen-bond acceptors (Lipinski definition) is 6. The molecule has 0 atom stereocenters. The van der Waals surface area contributed by atoms with Crippen molar-refractivity contribution in [3.8, 4) is 5.75 Å². The fourth-order valence-corrected chi connectivity index (χ4v) is 2.47. The van der Waals surface area contributed by atoms with E-state index in [2.05, 4.69) is 25.9 Å². The molecule has 0 radical (unpaired) electrons. The number of rotatable bonds is 4. The van der Waals surface area contributed by atoms with Crippen molar-refractivity contribution in [1.82, 2.24) is 9.97 Å². The minimum atomic E-state index is -4.77. The molecular formula is C12H10BrF3N4O3. The van der Waals surface area contributed by atoms with Crippen molar-refractivity contribution < 1.29 is 27.8 Å². The Morgan fingerprint density at radius 2 is 2.04 bits per heavy atom. The van der Waals surface area contributed by atoms with Gasteiger partial charge in [0.1, 0.15) is 18.2 Å². The van der Waals surface area contributed by atoms with E-state index in [1.165, 1.54) is 0 Å². The van der Waals surface area contributed by atoms with Gasteiger partial charge in [0, 0.05) is 0 Å². The van der Waals surface area contributed by atoms with E-state index in [4.69, 9.17) is 21.3 Å². The van der Waals surface area contributed by atoms with Crippen molar-refractivity contribution in [3.05, 3.63) is 21.8 Å². The molecule has 124 valence electrons. The van der Waals surface area contributed by atoms with Crippen molar-refractivity contribution in [2.45, 2.75) is 6.18 Å². The van der Waals surface area contributed by atoms with Gasteiger partial charge in [-0.15, -0.1) is 0 Å². The second-order valence-electron chi connectivity index (χ2n) is 4.33. The van der Waals surface area contributed by atoms with Gasteiger partial charge in [-0.2, -0.15) is 13.2 Å². The SMILES string of the molecule is NC(=O)c1cc2c(OCCO)c(Br)c(C(F)(F)F)nc2nc1N. The lowest BCUT2D eigenvalue weighted by molar-refractivity contribution is -0.141. The van der Waals surface area contributed by atoms with Gasteiger partial charge in [-0.3, -0.25) is 4.79 Å². The number of aliphatic hydroxyl groups excluding tert-OH is 1. The molecule has 0 fully saturated rings. The zero-order valence-corrected chi connectivity index (χ0v) is 12.9. The third-order valence-corrected chi connectivity index (χ3v) is 3.51. The van der Waals surface area contributed by atoms with Crippen LogP contribution in [0.1, 0.15) is 16.1 Å². The van der Waals surface area contributed by atoms with Crippen LogP contribution in [0.25, 0.3) is 11.0 Å². The fraction of sp³-hybridized carbons (Fsp3) is 0.250. The molecular weight excluding hydrogens is 385 g/mol. The smallest absolute Gasteiger partial charge is 0.434 e. The molecule has 0 unspecified atom stereocenters. The first-order chi connectivity index (χ1) is 10.7. The van der Waals surface area contributed by atoms with Crippen molar-refractivity contribution in [1.29, 1.82) is 0 Å². The van der Waals surface area contributed by atoms with Gasteiger partial charge < -0.3 is 21.3 Å². The molecule has 1 amide bonds. The minimum Gasteiger partial charge on any atom is -0.489 e. The maximum Gasteiger partial charge on any atom is 0.434 e. The summed E-state index contributed by atoms with van der Waals surface area (Å²) < 4.78 is 43.8. The summed E-state index contributed by atoms with van der Waals surface area (Å²) in [5, 5.41) is 8.82. The number of nitrogen functional groups attached to an aromatic ring is 1. The molecule has 0 saturated carbocycles. The Bertz CT molecular complexity index is 782. The number of ether oxygens (including phenoxy) is 1. The third-order valence-electron chi connectivity index (χ3n) is 2.77. The average Bonchev–Trinajstić information content (AvgIpc) is 2.44. The van der Waals surface area contributed by atoms with Gasteiger partial charge in [0.15, 0.2) is 11.3 Å². The van der Waals surface area contributed by atoms with E-state index in [9.17, 15) is 18.0 Å². The molecule has 2 aromatic rings. The average molecular weight is 395 g/mol. The lowest BCUT2D eigenvalue weighted by Gasteiger charge is -2.16. The summed E-state index contributed by atoms with van der Waals surface area (Å²) in [6.07, 6.45) is -4.77. The van der Waals surface area contributed by atoms with Crippen LogP contribution in [0.5, 0.6) is 5.75 Å². The normalized spacial score (nSPS) is 11.7. The summed E-state index contributed by atoms with van der Waals surface area (Å²) in [7, 11) is 0. The largest absolute Gasteiger partial charge is 0.489 e. The highest BCUT2D eigenvalue weighted by molar-refractivity contribution is 9.10. The molecule has 0 spiro atoms. The Balaban J connectivity index is 2.84. The molecule has 0 aliphatic rings. The monoisotopic (exact) mass is 394 g/mol. The van der Waals surface area contributed by atoms with Gasteiger partial charge in [-0.25, -0.2) is 9.97 Å². The maximum atomic E-state index is 13.1. The van der Waals surface area contributed by atoms with Gasteiger partial charge in [0.25, 0.3) is 5.91 Å². The molecule has 2 aromatic heterocycles. The molecule has 0 aliphatic carbocycles. The maximum absolute atomic E-state index is 13.1. The van der Waals surface area contributed by atoms with E-state index < -0.39 is 28.9 Å². The number of nitrogens with zero attached hydrogens (tertiary/aromatic N) is 2. The number of primary amides is 1. The lowest BCUT2D eigenvalue weighted by atomic mass is 10.1. The Kier molecular flexibility index (Phi) is 4.61. The number of nitrogens with two attached hydrogens (primary N) is 2. The number of amides is 1. The Morgan fingerprint density at radius 1 is 1.39 bits per heavy atom. The first kappa shape index (κ1) is 17.2. The molecule has 23 heavy (non-hydrogen) atoms. The quantitative estimate of drug-likeness (QED) is 0.720. The number of carbonyl (C=O) groups excluding carboxylic acids is 1. The zero-order chi connectivity index (χ0) is 17.4. The van der Waals surface area contributed by atoms with Crippen LogP contribution in [-0.2, 0) is 6.18 Å². The van der Waals surface area contributed by atoms with Crippen LogP contribution in [0.2, 0.25) is 0 Å². The van der Waals surface area contributed by atoms with E-state index in [0.717, 1.165) is 6.07 Å². The summed E-state index contributed by atoms with van der Waals surface area (Å²) in [5.74, 6) is -1.52. The van der Waals surface area contributed by atoms with Crippen LogP contribution >= 0.6 is 15.9 Å². The highest BCUT2D eigenvalue weighted by Gasteiger charge is 2.37. The molecule has 7 nitrogen and oxygen atoms in total. The van der Waals surface area contributed by atoms with Crippen molar-refractivity contribution in [3.63, 3.8) is 0 Å². The highest BCUT2D eigenvalue weighted by atomic mass is 79.9. The van der Waals surface area contributed by atoms with Crippen LogP contribution in [-0.4, -0.2) is 34.2 Å². The number of alkyl halides is 3. The first-order valence-corrected chi connectivity index (χ1v) is 6.86. The van der Waals surface area contributed by atoms with E-state index in [0.29, 0.717) is 0 Å². The van der Waals surface area contributed by atoms with Crippen LogP contribution < -0.4 is 16.2 Å². The van der Waals surface area contributed by atoms with Gasteiger partial charge in [0.05, 0.1) is 22.0 Å². The Labute approximate surface area is 135 Å². The number of aliphatic hydroxyl groups is 1. The molecule has 2 rings (SSSR count). The highest BCUT2D eigenvalue weighted by Crippen LogP contribution is 2.42. The van der Waals surface area contributed by atoms with Crippen LogP contribution in [0.4, 0.5) is 19.0 Å². The summed E-state index contributed by atoms with van der Waals surface area (Å²) >= 11 is 2.78. The van der Waals surface area contributed by atoms with E-state index in [1.807, 2.05) is 0 Å². The van der Waals surface area contributed by atoms with Gasteiger partial charge in [0.2, 0.25) is 0 Å². The number of halogens is 4. The van der Waals surface area contributed by atoms with Gasteiger partial charge in [-0.05, 0) is 22.0 Å². The number of fused-ring (bicyclic) bond motifs is 1. The van der Waals surface area contributed by atoms with Crippen LogP contribution in [0.15, 0.2) is 10.5 Å². The van der Waals surface area contributed by atoms with E-state index in [-0.39, 0.29) is 34.8 Å². The third kappa shape index (κ3) is 3.29. The summed E-state index contributed by atoms with van der Waals surface area (Å²) in [6, 6.07) is 1.14. The summed E-state index contributed by atoms with van der Waals surface area (Å²) in [5.41, 5.74) is 8.84. The van der Waals surface area contributed by atoms with E-state index >= 15 is 0 Å². The summed E-state index contributed by atoms with van der Waals surface area (Å²) in [4.78, 5) is 18.4. The van der Waals surface area contributed by atoms with Crippen molar-refractivity contribution in [2.75, 3.05) is 18.9 Å².